The molecule has 0 saturated heterocycles. The number of rotatable bonds is 4. The highest BCUT2D eigenvalue weighted by molar-refractivity contribution is 7.99. The molecule has 0 heterocycles. The summed E-state index contributed by atoms with van der Waals surface area (Å²) in [5, 5.41) is 14.3. The zero-order chi connectivity index (χ0) is 10.7. The number of aliphatic hydroxyl groups excluding tert-OH is 1. The summed E-state index contributed by atoms with van der Waals surface area (Å²) in [4.78, 5) is 0. The van der Waals surface area contributed by atoms with Gasteiger partial charge in [0.15, 0.2) is 0 Å². The fourth-order valence-corrected chi connectivity index (χ4v) is 4.15. The second-order valence-corrected chi connectivity index (χ2v) is 6.32. The molecule has 2 aliphatic carbocycles. The Bertz CT molecular complexity index is 200. The maximum atomic E-state index is 9.80. The van der Waals surface area contributed by atoms with E-state index in [1.165, 1.54) is 37.9 Å². The van der Waals surface area contributed by atoms with Crippen LogP contribution in [0.3, 0.4) is 0 Å². The van der Waals surface area contributed by atoms with Gasteiger partial charge in [0.05, 0.1) is 6.10 Å². The highest BCUT2D eigenvalue weighted by Gasteiger charge is 2.32. The molecular formula is C12H23NOS. The van der Waals surface area contributed by atoms with Gasteiger partial charge in [0.1, 0.15) is 0 Å². The van der Waals surface area contributed by atoms with Crippen LogP contribution in [0, 0.1) is 0 Å². The lowest BCUT2D eigenvalue weighted by atomic mass is 10.1. The third-order valence-corrected chi connectivity index (χ3v) is 5.07. The quantitative estimate of drug-likeness (QED) is 0.775. The molecule has 2 rings (SSSR count). The fourth-order valence-electron chi connectivity index (χ4n) is 2.94. The van der Waals surface area contributed by atoms with Crippen LogP contribution in [-0.2, 0) is 0 Å². The lowest BCUT2D eigenvalue weighted by Gasteiger charge is -2.26. The monoisotopic (exact) mass is 229 g/mol. The van der Waals surface area contributed by atoms with Crippen molar-refractivity contribution in [1.82, 2.24) is 5.32 Å². The Labute approximate surface area is 97.2 Å². The zero-order valence-electron chi connectivity index (χ0n) is 9.61. The van der Waals surface area contributed by atoms with Crippen molar-refractivity contribution in [2.24, 2.45) is 0 Å². The van der Waals surface area contributed by atoms with E-state index in [4.69, 9.17) is 0 Å². The molecule has 88 valence electrons. The normalized spacial score (nSPS) is 41.2. The van der Waals surface area contributed by atoms with Crippen LogP contribution in [0.4, 0.5) is 0 Å². The number of thioether (sulfide) groups is 1. The first-order valence-corrected chi connectivity index (χ1v) is 7.42. The summed E-state index contributed by atoms with van der Waals surface area (Å²) in [6.07, 6.45) is 7.30. The summed E-state index contributed by atoms with van der Waals surface area (Å²) >= 11 is 2.09. The van der Waals surface area contributed by atoms with E-state index < -0.39 is 0 Å². The van der Waals surface area contributed by atoms with Crippen molar-refractivity contribution in [3.05, 3.63) is 0 Å². The number of hydrogen-bond donors (Lipinski definition) is 2. The molecule has 2 nitrogen and oxygen atoms in total. The summed E-state index contributed by atoms with van der Waals surface area (Å²) in [6, 6.07) is 1.04. The lowest BCUT2D eigenvalue weighted by molar-refractivity contribution is 0.143. The van der Waals surface area contributed by atoms with Crippen LogP contribution in [0.5, 0.6) is 0 Å². The summed E-state index contributed by atoms with van der Waals surface area (Å²) in [5.41, 5.74) is 0. The van der Waals surface area contributed by atoms with E-state index in [0.29, 0.717) is 12.1 Å². The molecule has 2 aliphatic rings. The van der Waals surface area contributed by atoms with Gasteiger partial charge in [-0.15, -0.1) is 0 Å². The van der Waals surface area contributed by atoms with Gasteiger partial charge in [-0.25, -0.2) is 0 Å². The molecular weight excluding hydrogens is 206 g/mol. The zero-order valence-corrected chi connectivity index (χ0v) is 10.4. The van der Waals surface area contributed by atoms with Gasteiger partial charge in [0.2, 0.25) is 0 Å². The highest BCUT2D eigenvalue weighted by atomic mass is 32.2. The topological polar surface area (TPSA) is 32.3 Å². The third kappa shape index (κ3) is 2.89. The summed E-state index contributed by atoms with van der Waals surface area (Å²) in [7, 11) is 0. The Morgan fingerprint density at radius 3 is 2.53 bits per heavy atom. The minimum absolute atomic E-state index is 0.0853. The molecule has 0 aliphatic heterocycles. The lowest BCUT2D eigenvalue weighted by Crippen LogP contribution is -2.45. The molecule has 0 aromatic carbocycles. The standard InChI is InChI=1S/C12H23NOS/c1-2-15-12-8-4-6-10(12)13-9-5-3-7-11(9)14/h9-14H,2-8H2,1H3/t9-,10?,11-,12?/m1/s1. The summed E-state index contributed by atoms with van der Waals surface area (Å²) < 4.78 is 0. The van der Waals surface area contributed by atoms with E-state index in [-0.39, 0.29) is 6.10 Å². The Balaban J connectivity index is 1.82. The Morgan fingerprint density at radius 2 is 1.87 bits per heavy atom. The first-order valence-electron chi connectivity index (χ1n) is 6.37. The molecule has 0 aromatic heterocycles. The van der Waals surface area contributed by atoms with Gasteiger partial charge in [-0.05, 0) is 37.9 Å². The third-order valence-electron chi connectivity index (χ3n) is 3.74. The molecule has 0 bridgehead atoms. The predicted molar refractivity (Wildman–Crippen MR) is 66.3 cm³/mol. The SMILES string of the molecule is CCSC1CCCC1N[C@@H]1CCC[C@H]1O. The molecule has 0 radical (unpaired) electrons. The highest BCUT2D eigenvalue weighted by Crippen LogP contribution is 2.31. The van der Waals surface area contributed by atoms with E-state index in [2.05, 4.69) is 24.0 Å². The Morgan fingerprint density at radius 1 is 1.13 bits per heavy atom. The number of hydrogen-bond acceptors (Lipinski definition) is 3. The molecule has 3 heteroatoms. The van der Waals surface area contributed by atoms with Crippen LogP contribution in [0.1, 0.15) is 45.4 Å². The van der Waals surface area contributed by atoms with Gasteiger partial charge in [-0.2, -0.15) is 11.8 Å². The molecule has 0 spiro atoms. The average molecular weight is 229 g/mol. The molecule has 2 saturated carbocycles. The van der Waals surface area contributed by atoms with Crippen LogP contribution in [0.25, 0.3) is 0 Å². The van der Waals surface area contributed by atoms with Gasteiger partial charge < -0.3 is 10.4 Å². The molecule has 2 N–H and O–H groups in total. The van der Waals surface area contributed by atoms with E-state index in [9.17, 15) is 5.11 Å². The van der Waals surface area contributed by atoms with Crippen LogP contribution in [0.2, 0.25) is 0 Å². The first kappa shape index (κ1) is 11.7. The second kappa shape index (κ2) is 5.55. The number of nitrogens with one attached hydrogen (secondary N) is 1. The molecule has 0 aromatic rings. The Hall–Kier alpha value is 0.270. The fraction of sp³-hybridized carbons (Fsp3) is 1.00. The second-order valence-electron chi connectivity index (χ2n) is 4.80. The molecule has 2 unspecified atom stereocenters. The maximum absolute atomic E-state index is 9.80. The van der Waals surface area contributed by atoms with Crippen molar-refractivity contribution in [2.75, 3.05) is 5.75 Å². The van der Waals surface area contributed by atoms with Gasteiger partial charge in [-0.3, -0.25) is 0 Å². The smallest absolute Gasteiger partial charge is 0.0693 e. The molecule has 4 atom stereocenters. The number of aliphatic hydroxyl groups is 1. The minimum Gasteiger partial charge on any atom is -0.392 e. The minimum atomic E-state index is -0.0853. The van der Waals surface area contributed by atoms with Gasteiger partial charge >= 0.3 is 0 Å². The van der Waals surface area contributed by atoms with E-state index in [1.807, 2.05) is 0 Å². The van der Waals surface area contributed by atoms with E-state index >= 15 is 0 Å². The maximum Gasteiger partial charge on any atom is 0.0693 e. The van der Waals surface area contributed by atoms with Crippen LogP contribution < -0.4 is 5.32 Å². The Kier molecular flexibility index (Phi) is 4.35. The van der Waals surface area contributed by atoms with Crippen LogP contribution in [0.15, 0.2) is 0 Å². The largest absolute Gasteiger partial charge is 0.392 e. The van der Waals surface area contributed by atoms with Gasteiger partial charge in [0.25, 0.3) is 0 Å². The molecule has 0 amide bonds. The average Bonchev–Trinajstić information content (AvgIpc) is 2.80. The first-order chi connectivity index (χ1) is 7.31. The van der Waals surface area contributed by atoms with Gasteiger partial charge in [-0.1, -0.05) is 13.3 Å². The van der Waals surface area contributed by atoms with Crippen molar-refractivity contribution >= 4 is 11.8 Å². The van der Waals surface area contributed by atoms with Crippen molar-refractivity contribution in [2.45, 2.75) is 68.9 Å². The van der Waals surface area contributed by atoms with Crippen molar-refractivity contribution in [3.63, 3.8) is 0 Å². The predicted octanol–water partition coefficient (Wildman–Crippen LogP) is 2.16. The molecule has 15 heavy (non-hydrogen) atoms. The summed E-state index contributed by atoms with van der Waals surface area (Å²) in [6.45, 7) is 2.24. The van der Waals surface area contributed by atoms with E-state index in [1.54, 1.807) is 0 Å². The van der Waals surface area contributed by atoms with Crippen molar-refractivity contribution in [1.29, 1.82) is 0 Å². The van der Waals surface area contributed by atoms with Crippen molar-refractivity contribution < 1.29 is 5.11 Å². The molecule has 2 fully saturated rings. The van der Waals surface area contributed by atoms with E-state index in [0.717, 1.165) is 11.7 Å². The van der Waals surface area contributed by atoms with Gasteiger partial charge in [0, 0.05) is 17.3 Å². The van der Waals surface area contributed by atoms with Crippen LogP contribution >= 0.6 is 11.8 Å². The summed E-state index contributed by atoms with van der Waals surface area (Å²) in [5.74, 6) is 1.22. The van der Waals surface area contributed by atoms with Crippen molar-refractivity contribution in [3.8, 4) is 0 Å². The van der Waals surface area contributed by atoms with Crippen LogP contribution in [-0.4, -0.2) is 34.3 Å².